The smallest absolute Gasteiger partial charge is 0.260 e. The third-order valence-electron chi connectivity index (χ3n) is 3.70. The number of carbonyl (C=O) groups is 1. The summed E-state index contributed by atoms with van der Waals surface area (Å²) in [6.45, 7) is 1.60. The largest absolute Gasteiger partial charge is 0.271 e. The summed E-state index contributed by atoms with van der Waals surface area (Å²) in [5.41, 5.74) is 4.22. The van der Waals surface area contributed by atoms with Crippen LogP contribution in [0.4, 0.5) is 5.69 Å². The van der Waals surface area contributed by atoms with Gasteiger partial charge >= 0.3 is 0 Å². The fraction of sp³-hybridized carbons (Fsp3) is 0.222. The van der Waals surface area contributed by atoms with Crippen molar-refractivity contribution in [3.63, 3.8) is 0 Å². The summed E-state index contributed by atoms with van der Waals surface area (Å²) >= 11 is 12.0. The van der Waals surface area contributed by atoms with E-state index in [2.05, 4.69) is 10.5 Å². The van der Waals surface area contributed by atoms with Crippen LogP contribution in [0.3, 0.4) is 0 Å². The van der Waals surface area contributed by atoms with Crippen molar-refractivity contribution in [3.05, 3.63) is 63.6 Å². The number of sulfonamides is 1. The van der Waals surface area contributed by atoms with Crippen molar-refractivity contribution < 1.29 is 13.2 Å². The average Bonchev–Trinajstić information content (AvgIpc) is 2.61. The van der Waals surface area contributed by atoms with E-state index in [0.717, 1.165) is 22.5 Å². The summed E-state index contributed by atoms with van der Waals surface area (Å²) < 4.78 is 25.2. The Labute approximate surface area is 168 Å². The Morgan fingerprint density at radius 3 is 2.26 bits per heavy atom. The van der Waals surface area contributed by atoms with Gasteiger partial charge in [0.05, 0.1) is 28.2 Å². The minimum absolute atomic E-state index is 0.384. The second-order valence-electron chi connectivity index (χ2n) is 5.72. The van der Waals surface area contributed by atoms with Crippen molar-refractivity contribution >= 4 is 51.0 Å². The Bertz CT molecular complexity index is 925. The Morgan fingerprint density at radius 2 is 1.74 bits per heavy atom. The van der Waals surface area contributed by atoms with Crippen molar-refractivity contribution in [2.75, 3.05) is 17.1 Å². The molecule has 0 aromatic heterocycles. The molecule has 0 spiro atoms. The van der Waals surface area contributed by atoms with Crippen LogP contribution in [-0.2, 0) is 21.2 Å². The first-order valence-corrected chi connectivity index (χ1v) is 10.7. The third-order valence-corrected chi connectivity index (χ3v) is 5.50. The zero-order valence-corrected chi connectivity index (χ0v) is 17.1. The van der Waals surface area contributed by atoms with Crippen molar-refractivity contribution in [3.8, 4) is 0 Å². The van der Waals surface area contributed by atoms with Crippen molar-refractivity contribution in [2.24, 2.45) is 5.10 Å². The van der Waals surface area contributed by atoms with Crippen LogP contribution >= 0.6 is 23.2 Å². The number of nitrogens with one attached hydrogen (secondary N) is 1. The maximum atomic E-state index is 12.2. The minimum atomic E-state index is -3.64. The van der Waals surface area contributed by atoms with Crippen LogP contribution in [0.5, 0.6) is 0 Å². The van der Waals surface area contributed by atoms with Crippen LogP contribution in [0.2, 0.25) is 10.0 Å². The zero-order chi connectivity index (χ0) is 20.0. The van der Waals surface area contributed by atoms with Crippen LogP contribution in [-0.4, -0.2) is 33.3 Å². The molecule has 0 heterocycles. The Balaban J connectivity index is 2.11. The van der Waals surface area contributed by atoms with E-state index in [1.807, 2.05) is 19.1 Å². The Morgan fingerprint density at radius 1 is 1.15 bits per heavy atom. The molecule has 0 aliphatic heterocycles. The highest BCUT2D eigenvalue weighted by atomic mass is 35.5. The molecule has 9 heteroatoms. The molecular weight excluding hydrogens is 409 g/mol. The monoisotopic (exact) mass is 427 g/mol. The fourth-order valence-corrected chi connectivity index (χ4v) is 3.62. The van der Waals surface area contributed by atoms with Gasteiger partial charge < -0.3 is 0 Å². The number of carbonyl (C=O) groups excluding carboxylic acids is 1. The maximum Gasteiger partial charge on any atom is 0.260 e. The lowest BCUT2D eigenvalue weighted by Gasteiger charge is -2.21. The molecule has 1 amide bonds. The normalized spacial score (nSPS) is 11.6. The molecule has 0 aliphatic rings. The predicted octanol–water partition coefficient (Wildman–Crippen LogP) is 3.47. The second-order valence-corrected chi connectivity index (χ2v) is 8.44. The molecule has 0 unspecified atom stereocenters. The van der Waals surface area contributed by atoms with Gasteiger partial charge in [-0.3, -0.25) is 9.10 Å². The highest BCUT2D eigenvalue weighted by Gasteiger charge is 2.20. The molecule has 0 fully saturated rings. The van der Waals surface area contributed by atoms with E-state index in [1.54, 1.807) is 30.3 Å². The molecule has 0 radical (unpaired) electrons. The topological polar surface area (TPSA) is 78.8 Å². The molecule has 0 aliphatic carbocycles. The van der Waals surface area contributed by atoms with Gasteiger partial charge in [-0.05, 0) is 36.2 Å². The maximum absolute atomic E-state index is 12.2. The van der Waals surface area contributed by atoms with Crippen LogP contribution in [0.15, 0.2) is 47.6 Å². The average molecular weight is 428 g/mol. The summed E-state index contributed by atoms with van der Waals surface area (Å²) in [5.74, 6) is -0.598. The molecule has 0 saturated carbocycles. The van der Waals surface area contributed by atoms with Gasteiger partial charge in [-0.2, -0.15) is 5.10 Å². The standard InChI is InChI=1S/C18H19Cl2N3O3S/c1-3-13-7-9-14(10-8-13)23(27(2,25)26)12-18(24)22-21-11-15-16(19)5-4-6-17(15)20/h4-11H,3,12H2,1-2H3,(H,22,24)/b21-11-. The summed E-state index contributed by atoms with van der Waals surface area (Å²) in [7, 11) is -3.64. The number of hydrogen-bond donors (Lipinski definition) is 1. The predicted molar refractivity (Wildman–Crippen MR) is 110 cm³/mol. The zero-order valence-electron chi connectivity index (χ0n) is 14.8. The lowest BCUT2D eigenvalue weighted by molar-refractivity contribution is -0.119. The van der Waals surface area contributed by atoms with Crippen LogP contribution in [0.1, 0.15) is 18.1 Å². The Hall–Kier alpha value is -2.09. The lowest BCUT2D eigenvalue weighted by Crippen LogP contribution is -2.39. The van der Waals surface area contributed by atoms with E-state index in [9.17, 15) is 13.2 Å². The minimum Gasteiger partial charge on any atom is -0.271 e. The number of aryl methyl sites for hydroxylation is 1. The van der Waals surface area contributed by atoms with Crippen molar-refractivity contribution in [1.82, 2.24) is 5.43 Å². The van der Waals surface area contributed by atoms with Crippen LogP contribution in [0, 0.1) is 0 Å². The number of rotatable bonds is 7. The third kappa shape index (κ3) is 5.95. The molecule has 27 heavy (non-hydrogen) atoms. The van der Waals surface area contributed by atoms with Crippen LogP contribution < -0.4 is 9.73 Å². The Kier molecular flexibility index (Phi) is 7.24. The first-order valence-electron chi connectivity index (χ1n) is 8.05. The second kappa shape index (κ2) is 9.21. The van der Waals surface area contributed by atoms with E-state index >= 15 is 0 Å². The molecule has 144 valence electrons. The number of hydrazone groups is 1. The SMILES string of the molecule is CCc1ccc(N(CC(=O)N/N=C\c2c(Cl)cccc2Cl)S(C)(=O)=O)cc1. The van der Waals surface area contributed by atoms with Gasteiger partial charge in [-0.1, -0.05) is 48.3 Å². The summed E-state index contributed by atoms with van der Waals surface area (Å²) in [6, 6.07) is 11.9. The molecule has 0 atom stereocenters. The highest BCUT2D eigenvalue weighted by molar-refractivity contribution is 7.92. The lowest BCUT2D eigenvalue weighted by atomic mass is 10.1. The number of nitrogens with zero attached hydrogens (tertiary/aromatic N) is 2. The van der Waals surface area contributed by atoms with E-state index in [4.69, 9.17) is 23.2 Å². The van der Waals surface area contributed by atoms with E-state index in [1.165, 1.54) is 6.21 Å². The first-order chi connectivity index (χ1) is 12.7. The van der Waals surface area contributed by atoms with E-state index < -0.39 is 22.5 Å². The van der Waals surface area contributed by atoms with Crippen LogP contribution in [0.25, 0.3) is 0 Å². The molecule has 2 rings (SSSR count). The van der Waals surface area contributed by atoms with Gasteiger partial charge in [0, 0.05) is 5.56 Å². The first kappa shape index (κ1) is 21.2. The number of benzene rings is 2. The summed E-state index contributed by atoms with van der Waals surface area (Å²) in [6.07, 6.45) is 3.18. The van der Waals surface area contributed by atoms with Gasteiger partial charge in [0.25, 0.3) is 5.91 Å². The number of amides is 1. The fourth-order valence-electron chi connectivity index (χ4n) is 2.27. The van der Waals surface area contributed by atoms with E-state index in [0.29, 0.717) is 21.3 Å². The molecule has 6 nitrogen and oxygen atoms in total. The quantitative estimate of drug-likeness (QED) is 0.542. The van der Waals surface area contributed by atoms with Gasteiger partial charge in [0.15, 0.2) is 0 Å². The number of hydrogen-bond acceptors (Lipinski definition) is 4. The van der Waals surface area contributed by atoms with Crippen molar-refractivity contribution in [2.45, 2.75) is 13.3 Å². The molecule has 0 bridgehead atoms. The molecule has 2 aromatic rings. The molecular formula is C18H19Cl2N3O3S. The van der Waals surface area contributed by atoms with Gasteiger partial charge in [-0.25, -0.2) is 13.8 Å². The number of halogens is 2. The van der Waals surface area contributed by atoms with Gasteiger partial charge in [0.1, 0.15) is 6.54 Å². The molecule has 2 aromatic carbocycles. The summed E-state index contributed by atoms with van der Waals surface area (Å²) in [5, 5.41) is 4.57. The molecule has 0 saturated heterocycles. The summed E-state index contributed by atoms with van der Waals surface area (Å²) in [4.78, 5) is 12.2. The van der Waals surface area contributed by atoms with E-state index in [-0.39, 0.29) is 0 Å². The van der Waals surface area contributed by atoms with Gasteiger partial charge in [-0.15, -0.1) is 0 Å². The van der Waals surface area contributed by atoms with Crippen molar-refractivity contribution in [1.29, 1.82) is 0 Å². The van der Waals surface area contributed by atoms with Gasteiger partial charge in [0.2, 0.25) is 10.0 Å². The number of anilines is 1. The molecule has 1 N–H and O–H groups in total. The highest BCUT2D eigenvalue weighted by Crippen LogP contribution is 2.22.